The Morgan fingerprint density at radius 2 is 1.67 bits per heavy atom. The number of hydrogen-bond acceptors (Lipinski definition) is 2. The summed E-state index contributed by atoms with van der Waals surface area (Å²) in [4.78, 5) is 13.0. The van der Waals surface area contributed by atoms with Crippen molar-refractivity contribution in [1.82, 2.24) is 4.90 Å². The van der Waals surface area contributed by atoms with E-state index in [0.29, 0.717) is 13.0 Å². The summed E-state index contributed by atoms with van der Waals surface area (Å²) in [6.45, 7) is 0.548. The predicted octanol–water partition coefficient (Wildman–Crippen LogP) is 2.72. The monoisotopic (exact) mass is 286 g/mol. The third-order valence-electron chi connectivity index (χ3n) is 3.45. The summed E-state index contributed by atoms with van der Waals surface area (Å²) in [6, 6.07) is 16.3. The van der Waals surface area contributed by atoms with Crippen LogP contribution >= 0.6 is 0 Å². The molecule has 0 spiro atoms. The number of carbonyl (C=O) groups is 1. The maximum Gasteiger partial charge on any atom is 0.218 e. The lowest BCUT2D eigenvalue weighted by molar-refractivity contribution is -0.118. The molecule has 4 heteroatoms. The second-order valence-corrected chi connectivity index (χ2v) is 5.06. The van der Waals surface area contributed by atoms with E-state index in [2.05, 4.69) is 0 Å². The summed E-state index contributed by atoms with van der Waals surface area (Å²) in [5, 5.41) is 0. The van der Waals surface area contributed by atoms with Gasteiger partial charge in [-0.05, 0) is 30.3 Å². The molecule has 0 fully saturated rings. The summed E-state index contributed by atoms with van der Waals surface area (Å²) in [5.74, 6) is -0.585. The molecule has 0 saturated heterocycles. The predicted molar refractivity (Wildman–Crippen MR) is 81.1 cm³/mol. The van der Waals surface area contributed by atoms with Crippen molar-refractivity contribution in [2.24, 2.45) is 5.73 Å². The highest BCUT2D eigenvalue weighted by Crippen LogP contribution is 2.27. The Kier molecular flexibility index (Phi) is 5.06. The second-order valence-electron chi connectivity index (χ2n) is 5.06. The van der Waals surface area contributed by atoms with Gasteiger partial charge in [-0.1, -0.05) is 42.5 Å². The van der Waals surface area contributed by atoms with Crippen molar-refractivity contribution in [2.75, 3.05) is 13.6 Å². The summed E-state index contributed by atoms with van der Waals surface area (Å²) in [7, 11) is 1.93. The fraction of sp³-hybridized carbons (Fsp3) is 0.235. The molecule has 0 aliphatic rings. The van der Waals surface area contributed by atoms with Gasteiger partial charge in [0.05, 0.1) is 6.04 Å². The molecule has 0 radical (unpaired) electrons. The number of hydrogen-bond donors (Lipinski definition) is 1. The number of benzene rings is 2. The van der Waals surface area contributed by atoms with Crippen molar-refractivity contribution in [3.8, 4) is 0 Å². The molecular formula is C17H19FN2O. The lowest BCUT2D eigenvalue weighted by atomic mass is 9.97. The number of amides is 1. The van der Waals surface area contributed by atoms with Crippen LogP contribution in [0.5, 0.6) is 0 Å². The highest BCUT2D eigenvalue weighted by atomic mass is 19.1. The Labute approximate surface area is 124 Å². The molecule has 3 nitrogen and oxygen atoms in total. The van der Waals surface area contributed by atoms with E-state index in [-0.39, 0.29) is 17.8 Å². The minimum Gasteiger partial charge on any atom is -0.370 e. The number of primary amides is 1. The van der Waals surface area contributed by atoms with Crippen LogP contribution in [0.2, 0.25) is 0 Å². The fourth-order valence-electron chi connectivity index (χ4n) is 2.40. The molecule has 0 aromatic heterocycles. The Bertz CT molecular complexity index is 583. The van der Waals surface area contributed by atoms with Crippen LogP contribution in [-0.4, -0.2) is 24.4 Å². The van der Waals surface area contributed by atoms with Crippen molar-refractivity contribution in [2.45, 2.75) is 12.5 Å². The zero-order valence-electron chi connectivity index (χ0n) is 12.0. The van der Waals surface area contributed by atoms with Gasteiger partial charge < -0.3 is 5.73 Å². The number of halogens is 1. The van der Waals surface area contributed by atoms with Crippen LogP contribution in [0.3, 0.4) is 0 Å². The van der Waals surface area contributed by atoms with Crippen molar-refractivity contribution < 1.29 is 9.18 Å². The average molecular weight is 286 g/mol. The topological polar surface area (TPSA) is 46.3 Å². The van der Waals surface area contributed by atoms with E-state index in [9.17, 15) is 9.18 Å². The minimum atomic E-state index is -0.326. The largest absolute Gasteiger partial charge is 0.370 e. The molecule has 1 unspecified atom stereocenters. The molecule has 0 saturated carbocycles. The SMILES string of the molecule is CN(CCC(N)=O)C(c1ccccc1)c1ccc(F)cc1. The summed E-state index contributed by atoms with van der Waals surface area (Å²) >= 11 is 0. The van der Waals surface area contributed by atoms with Gasteiger partial charge in [-0.15, -0.1) is 0 Å². The van der Waals surface area contributed by atoms with Crippen LogP contribution in [0, 0.1) is 5.82 Å². The molecule has 2 N–H and O–H groups in total. The Balaban J connectivity index is 2.30. The number of nitrogens with zero attached hydrogens (tertiary/aromatic N) is 1. The van der Waals surface area contributed by atoms with Crippen molar-refractivity contribution >= 4 is 5.91 Å². The molecule has 1 atom stereocenters. The first kappa shape index (κ1) is 15.2. The third kappa shape index (κ3) is 4.13. The van der Waals surface area contributed by atoms with Gasteiger partial charge in [-0.3, -0.25) is 9.69 Å². The lowest BCUT2D eigenvalue weighted by Gasteiger charge is -2.28. The molecule has 2 rings (SSSR count). The first-order chi connectivity index (χ1) is 10.1. The van der Waals surface area contributed by atoms with Crippen LogP contribution in [-0.2, 0) is 4.79 Å². The van der Waals surface area contributed by atoms with Crippen LogP contribution in [0.15, 0.2) is 54.6 Å². The van der Waals surface area contributed by atoms with Crippen LogP contribution in [0.1, 0.15) is 23.6 Å². The highest BCUT2D eigenvalue weighted by Gasteiger charge is 2.19. The van der Waals surface area contributed by atoms with Gasteiger partial charge in [-0.25, -0.2) is 4.39 Å². The number of carbonyl (C=O) groups excluding carboxylic acids is 1. The maximum absolute atomic E-state index is 13.1. The zero-order chi connectivity index (χ0) is 15.2. The smallest absolute Gasteiger partial charge is 0.218 e. The average Bonchev–Trinajstić information content (AvgIpc) is 2.48. The molecule has 1 amide bonds. The van der Waals surface area contributed by atoms with Crippen LogP contribution < -0.4 is 5.73 Å². The summed E-state index contributed by atoms with van der Waals surface area (Å²) in [5.41, 5.74) is 7.30. The van der Waals surface area contributed by atoms with Gasteiger partial charge in [0.1, 0.15) is 5.82 Å². The van der Waals surface area contributed by atoms with Crippen LogP contribution in [0.25, 0.3) is 0 Å². The molecule has 0 aliphatic carbocycles. The molecule has 21 heavy (non-hydrogen) atoms. The van der Waals surface area contributed by atoms with Gasteiger partial charge in [-0.2, -0.15) is 0 Å². The van der Waals surface area contributed by atoms with Gasteiger partial charge in [0.2, 0.25) is 5.91 Å². The van der Waals surface area contributed by atoms with Crippen LogP contribution in [0.4, 0.5) is 4.39 Å². The van der Waals surface area contributed by atoms with Gasteiger partial charge in [0.25, 0.3) is 0 Å². The molecule has 110 valence electrons. The van der Waals surface area contributed by atoms with Gasteiger partial charge >= 0.3 is 0 Å². The zero-order valence-corrected chi connectivity index (χ0v) is 12.0. The van der Waals surface area contributed by atoms with Crippen molar-refractivity contribution in [3.63, 3.8) is 0 Å². The van der Waals surface area contributed by atoms with E-state index in [0.717, 1.165) is 11.1 Å². The minimum absolute atomic E-state index is 0.0360. The first-order valence-corrected chi connectivity index (χ1v) is 6.87. The van der Waals surface area contributed by atoms with E-state index in [1.54, 1.807) is 12.1 Å². The normalized spacial score (nSPS) is 12.3. The van der Waals surface area contributed by atoms with Gasteiger partial charge in [0.15, 0.2) is 0 Å². The summed E-state index contributed by atoms with van der Waals surface area (Å²) < 4.78 is 13.1. The standard InChI is InChI=1S/C17H19FN2O/c1-20(12-11-16(19)21)17(13-5-3-2-4-6-13)14-7-9-15(18)10-8-14/h2-10,17H,11-12H2,1H3,(H2,19,21). The number of nitrogens with two attached hydrogens (primary N) is 1. The van der Waals surface area contributed by atoms with Gasteiger partial charge in [0, 0.05) is 13.0 Å². The van der Waals surface area contributed by atoms with Crippen molar-refractivity contribution in [3.05, 3.63) is 71.5 Å². The second kappa shape index (κ2) is 6.99. The quantitative estimate of drug-likeness (QED) is 0.887. The molecule has 2 aromatic carbocycles. The Morgan fingerprint density at radius 3 is 2.24 bits per heavy atom. The Morgan fingerprint density at radius 1 is 1.10 bits per heavy atom. The molecule has 0 bridgehead atoms. The fourth-order valence-corrected chi connectivity index (χ4v) is 2.40. The van der Waals surface area contributed by atoms with Crippen molar-refractivity contribution in [1.29, 1.82) is 0 Å². The maximum atomic E-state index is 13.1. The molecular weight excluding hydrogens is 267 g/mol. The molecule has 0 heterocycles. The first-order valence-electron chi connectivity index (χ1n) is 6.87. The van der Waals surface area contributed by atoms with E-state index >= 15 is 0 Å². The summed E-state index contributed by atoms with van der Waals surface area (Å²) in [6.07, 6.45) is 0.293. The van der Waals surface area contributed by atoms with E-state index in [1.807, 2.05) is 42.3 Å². The van der Waals surface area contributed by atoms with E-state index < -0.39 is 0 Å². The molecule has 2 aromatic rings. The van der Waals surface area contributed by atoms with E-state index in [4.69, 9.17) is 5.73 Å². The Hall–Kier alpha value is -2.20. The van der Waals surface area contributed by atoms with E-state index in [1.165, 1.54) is 12.1 Å². The molecule has 0 aliphatic heterocycles. The third-order valence-corrected chi connectivity index (χ3v) is 3.45. The number of rotatable bonds is 6. The lowest BCUT2D eigenvalue weighted by Crippen LogP contribution is -2.29. The highest BCUT2D eigenvalue weighted by molar-refractivity contribution is 5.73.